The molecule has 0 saturated carbocycles. The average molecular weight is 824 g/mol. The molecule has 0 unspecified atom stereocenters. The third-order valence-corrected chi connectivity index (χ3v) is 9.86. The van der Waals surface area contributed by atoms with Crippen LogP contribution >= 0.6 is 0 Å². The first-order valence-electron chi connectivity index (χ1n) is 16.5. The van der Waals surface area contributed by atoms with Gasteiger partial charge in [-0.25, -0.2) is 0 Å². The molecular weight excluding hydrogens is 794 g/mol. The Morgan fingerprint density at radius 3 is 2.20 bits per heavy atom. The van der Waals surface area contributed by atoms with Gasteiger partial charge in [0.1, 0.15) is 0 Å². The third-order valence-electron chi connectivity index (χ3n) is 9.86. The molecule has 5 nitrogen and oxygen atoms in total. The molecule has 0 amide bonds. The molecule has 6 heteroatoms. The van der Waals surface area contributed by atoms with Crippen LogP contribution in [0.15, 0.2) is 140 Å². The summed E-state index contributed by atoms with van der Waals surface area (Å²) in [5.41, 5.74) is 11.7. The molecule has 0 atom stereocenters. The molecule has 1 aliphatic heterocycles. The fourth-order valence-electron chi connectivity index (χ4n) is 7.43. The van der Waals surface area contributed by atoms with E-state index < -0.39 is 0 Å². The maximum absolute atomic E-state index is 5.02. The number of para-hydroxylation sites is 4. The first-order valence-corrected chi connectivity index (χ1v) is 16.5. The van der Waals surface area contributed by atoms with Crippen molar-refractivity contribution in [3.05, 3.63) is 158 Å². The monoisotopic (exact) mass is 823 g/mol. The van der Waals surface area contributed by atoms with Crippen LogP contribution in [0.1, 0.15) is 0 Å². The van der Waals surface area contributed by atoms with Gasteiger partial charge in [-0.15, -0.1) is 47.6 Å². The predicted molar refractivity (Wildman–Crippen MR) is 202 cm³/mol. The van der Waals surface area contributed by atoms with E-state index in [0.29, 0.717) is 0 Å². The average Bonchev–Trinajstić information content (AvgIpc) is 3.79. The van der Waals surface area contributed by atoms with Crippen LogP contribution < -0.4 is 9.80 Å². The number of nitrogens with zero attached hydrogens (tertiary/aromatic N) is 5. The van der Waals surface area contributed by atoms with E-state index in [1.165, 1.54) is 33.0 Å². The molecule has 3 heterocycles. The Balaban J connectivity index is 0.00000336. The molecule has 9 aromatic rings. The first kappa shape index (κ1) is 30.4. The van der Waals surface area contributed by atoms with E-state index in [1.807, 2.05) is 6.07 Å². The number of anilines is 3. The summed E-state index contributed by atoms with van der Waals surface area (Å²) in [5, 5.41) is 4.79. The van der Waals surface area contributed by atoms with Gasteiger partial charge in [0.05, 0.1) is 16.9 Å². The van der Waals surface area contributed by atoms with Gasteiger partial charge >= 0.3 is 0 Å². The van der Waals surface area contributed by atoms with E-state index >= 15 is 0 Å². The van der Waals surface area contributed by atoms with Crippen LogP contribution in [-0.4, -0.2) is 21.2 Å². The summed E-state index contributed by atoms with van der Waals surface area (Å²) in [6, 6.07) is 57.1. The number of rotatable bonds is 4. The van der Waals surface area contributed by atoms with Gasteiger partial charge in [-0.1, -0.05) is 83.9 Å². The van der Waals surface area contributed by atoms with Crippen molar-refractivity contribution >= 4 is 60.7 Å². The molecule has 0 spiro atoms. The zero-order chi connectivity index (χ0) is 32.6. The fraction of sp³-hybridized carbons (Fsp3) is 0.0455. The predicted octanol–water partition coefficient (Wildman–Crippen LogP) is 10.5. The molecule has 0 radical (unpaired) electrons. The number of hydrogen-bond acceptors (Lipinski definition) is 3. The Bertz CT molecular complexity index is 2760. The Morgan fingerprint density at radius 2 is 1.32 bits per heavy atom. The molecule has 2 aromatic heterocycles. The van der Waals surface area contributed by atoms with Crippen molar-refractivity contribution in [3.63, 3.8) is 0 Å². The van der Waals surface area contributed by atoms with E-state index in [0.717, 1.165) is 55.9 Å². The third kappa shape index (κ3) is 4.69. The first-order chi connectivity index (χ1) is 24.1. The van der Waals surface area contributed by atoms with E-state index in [1.54, 1.807) is 0 Å². The van der Waals surface area contributed by atoms with Crippen LogP contribution in [0.4, 0.5) is 17.1 Å². The van der Waals surface area contributed by atoms with E-state index in [9.17, 15) is 0 Å². The van der Waals surface area contributed by atoms with Crippen LogP contribution in [0, 0.1) is 18.8 Å². The fourth-order valence-corrected chi connectivity index (χ4v) is 7.43. The molecule has 244 valence electrons. The molecule has 0 aliphatic carbocycles. The SMILES string of the molecule is CN1[CH-]N(c2[c-]c(-n3c4[c-]c(-c5nc6ccccc6n5C)ccc4c4cc(-c5ccc6ccccc6c5)ccc43)ccc2)c2ccccc21.[Pt]. The Labute approximate surface area is 304 Å². The van der Waals surface area contributed by atoms with Gasteiger partial charge in [0.2, 0.25) is 0 Å². The van der Waals surface area contributed by atoms with Crippen LogP contribution in [0.5, 0.6) is 0 Å². The van der Waals surface area contributed by atoms with Crippen molar-refractivity contribution in [2.75, 3.05) is 16.8 Å². The number of fused-ring (bicyclic) bond motifs is 6. The summed E-state index contributed by atoms with van der Waals surface area (Å²) < 4.78 is 4.46. The quantitative estimate of drug-likeness (QED) is 0.166. The Morgan fingerprint density at radius 1 is 0.580 bits per heavy atom. The Kier molecular flexibility index (Phi) is 7.15. The van der Waals surface area contributed by atoms with Gasteiger partial charge in [0.25, 0.3) is 0 Å². The largest absolute Gasteiger partial charge is 0.504 e. The summed E-state index contributed by atoms with van der Waals surface area (Å²) >= 11 is 0. The topological polar surface area (TPSA) is 29.2 Å². The maximum atomic E-state index is 5.02. The van der Waals surface area contributed by atoms with Crippen LogP contribution in [-0.2, 0) is 28.1 Å². The van der Waals surface area contributed by atoms with Gasteiger partial charge in [-0.3, -0.25) is 4.98 Å². The molecule has 10 rings (SSSR count). The normalized spacial score (nSPS) is 12.7. The minimum Gasteiger partial charge on any atom is -0.504 e. The second kappa shape index (κ2) is 11.8. The van der Waals surface area contributed by atoms with Crippen molar-refractivity contribution in [1.29, 1.82) is 0 Å². The number of hydrogen-bond donors (Lipinski definition) is 0. The molecule has 0 saturated heterocycles. The minimum atomic E-state index is 0. The summed E-state index contributed by atoms with van der Waals surface area (Å²) in [6.07, 6.45) is 0. The summed E-state index contributed by atoms with van der Waals surface area (Å²) in [7, 11) is 4.16. The van der Waals surface area contributed by atoms with Gasteiger partial charge in [-0.05, 0) is 76.2 Å². The number of imidazole rings is 1. The van der Waals surface area contributed by atoms with Gasteiger partial charge in [-0.2, -0.15) is 12.7 Å². The molecule has 1 aliphatic rings. The van der Waals surface area contributed by atoms with Gasteiger partial charge < -0.3 is 18.9 Å². The van der Waals surface area contributed by atoms with Crippen molar-refractivity contribution in [2.24, 2.45) is 7.05 Å². The molecular formula is C44H30N5Pt-3. The summed E-state index contributed by atoms with van der Waals surface area (Å²) in [5.74, 6) is 0.890. The van der Waals surface area contributed by atoms with Crippen LogP contribution in [0.25, 0.3) is 71.8 Å². The van der Waals surface area contributed by atoms with E-state index in [-0.39, 0.29) is 21.1 Å². The molecule has 7 aromatic carbocycles. The molecule has 0 bridgehead atoms. The number of aryl methyl sites for hydroxylation is 1. The smallest absolute Gasteiger partial charge is 0.0770 e. The van der Waals surface area contributed by atoms with Gasteiger partial charge in [0, 0.05) is 45.0 Å². The van der Waals surface area contributed by atoms with Crippen molar-refractivity contribution in [1.82, 2.24) is 14.1 Å². The van der Waals surface area contributed by atoms with Crippen LogP contribution in [0.3, 0.4) is 0 Å². The zero-order valence-electron chi connectivity index (χ0n) is 27.4. The summed E-state index contributed by atoms with van der Waals surface area (Å²) in [6.45, 7) is 2.12. The van der Waals surface area contributed by atoms with E-state index in [2.05, 4.69) is 185 Å². The second-order valence-corrected chi connectivity index (χ2v) is 12.8. The summed E-state index contributed by atoms with van der Waals surface area (Å²) in [4.78, 5) is 9.38. The standard InChI is InChI=1S/C44H30N5.Pt/c1-46-28-48(42-17-8-7-16-41(42)46)34-12-9-13-35(27-34)49-39-23-21-32(31-19-18-29-10-3-4-11-30(29)24-31)25-37(39)36-22-20-33(26-43(36)49)44-45-38-14-5-6-15-40(38)47(44)2;/h3-25,28H,1-2H3;/q-3;. The van der Waals surface area contributed by atoms with Crippen LogP contribution in [0.2, 0.25) is 0 Å². The van der Waals surface area contributed by atoms with E-state index in [4.69, 9.17) is 4.98 Å². The number of aromatic nitrogens is 3. The van der Waals surface area contributed by atoms with Crippen molar-refractivity contribution < 1.29 is 21.1 Å². The molecule has 0 fully saturated rings. The Hall–Kier alpha value is -5.64. The number of benzene rings is 7. The molecule has 0 N–H and O–H groups in total. The van der Waals surface area contributed by atoms with Crippen molar-refractivity contribution in [3.8, 4) is 28.2 Å². The van der Waals surface area contributed by atoms with Crippen molar-refractivity contribution in [2.45, 2.75) is 0 Å². The van der Waals surface area contributed by atoms with Gasteiger partial charge in [0.15, 0.2) is 0 Å². The zero-order valence-corrected chi connectivity index (χ0v) is 29.7. The second-order valence-electron chi connectivity index (χ2n) is 12.8. The molecule has 50 heavy (non-hydrogen) atoms. The minimum absolute atomic E-state index is 0. The maximum Gasteiger partial charge on any atom is 0.0770 e.